The van der Waals surface area contributed by atoms with Crippen molar-refractivity contribution in [1.29, 1.82) is 0 Å². The van der Waals surface area contributed by atoms with Crippen LogP contribution in [-0.2, 0) is 11.3 Å². The average molecular weight is 417 g/mol. The summed E-state index contributed by atoms with van der Waals surface area (Å²) in [7, 11) is 0. The maximum absolute atomic E-state index is 12.4. The lowest BCUT2D eigenvalue weighted by atomic mass is 10.0. The molecule has 1 saturated heterocycles. The smallest absolute Gasteiger partial charge is 0.260 e. The molecule has 0 aliphatic carbocycles. The van der Waals surface area contributed by atoms with E-state index in [9.17, 15) is 4.79 Å². The van der Waals surface area contributed by atoms with Crippen LogP contribution in [0.1, 0.15) is 25.3 Å². The number of carbonyl (C=O) groups excluding carboxylic acids is 1. The van der Waals surface area contributed by atoms with Crippen LogP contribution < -0.4 is 10.1 Å². The maximum atomic E-state index is 12.4. The number of hydrogen-bond acceptors (Lipinski definition) is 3. The molecule has 0 aromatic heterocycles. The molecule has 3 rings (SSSR count). The first kappa shape index (κ1) is 18.9. The highest BCUT2D eigenvalue weighted by Crippen LogP contribution is 2.18. The van der Waals surface area contributed by atoms with Crippen LogP contribution in [0, 0.1) is 0 Å². The fourth-order valence-electron chi connectivity index (χ4n) is 3.17. The van der Waals surface area contributed by atoms with Crippen LogP contribution in [0.3, 0.4) is 0 Å². The van der Waals surface area contributed by atoms with Gasteiger partial charge in [0, 0.05) is 30.1 Å². The van der Waals surface area contributed by atoms with Gasteiger partial charge in [0.2, 0.25) is 0 Å². The lowest BCUT2D eigenvalue weighted by Gasteiger charge is -2.32. The second-order valence-electron chi connectivity index (χ2n) is 6.76. The Labute approximate surface area is 163 Å². The first-order valence-corrected chi connectivity index (χ1v) is 9.88. The Hall–Kier alpha value is -1.85. The lowest BCUT2D eigenvalue weighted by Crippen LogP contribution is -2.47. The number of likely N-dealkylation sites (tertiary alicyclic amines) is 1. The average Bonchev–Trinajstić information content (AvgIpc) is 2.66. The largest absolute Gasteiger partial charge is 0.481 e. The maximum Gasteiger partial charge on any atom is 0.260 e. The topological polar surface area (TPSA) is 41.6 Å². The van der Waals surface area contributed by atoms with E-state index in [-0.39, 0.29) is 11.9 Å². The Bertz CT molecular complexity index is 698. The Kier molecular flexibility index (Phi) is 6.69. The van der Waals surface area contributed by atoms with Gasteiger partial charge in [0.05, 0.1) is 0 Å². The molecular formula is C21H25BrN2O2. The van der Waals surface area contributed by atoms with Gasteiger partial charge >= 0.3 is 0 Å². The van der Waals surface area contributed by atoms with Crippen molar-refractivity contribution in [3.05, 3.63) is 64.6 Å². The number of benzene rings is 2. The van der Waals surface area contributed by atoms with Crippen molar-refractivity contribution < 1.29 is 9.53 Å². The van der Waals surface area contributed by atoms with Crippen LogP contribution in [0.4, 0.5) is 0 Å². The molecule has 1 heterocycles. The van der Waals surface area contributed by atoms with Crippen LogP contribution in [0.25, 0.3) is 0 Å². The summed E-state index contributed by atoms with van der Waals surface area (Å²) in [5.74, 6) is 0.656. The minimum Gasteiger partial charge on any atom is -0.481 e. The predicted octanol–water partition coefficient (Wildman–Crippen LogP) is 4.00. The van der Waals surface area contributed by atoms with E-state index in [2.05, 4.69) is 50.4 Å². The van der Waals surface area contributed by atoms with Crippen LogP contribution in [-0.4, -0.2) is 36.0 Å². The number of hydrogen-bond donors (Lipinski definition) is 1. The van der Waals surface area contributed by atoms with E-state index in [0.717, 1.165) is 36.9 Å². The van der Waals surface area contributed by atoms with Gasteiger partial charge in [-0.2, -0.15) is 0 Å². The molecule has 1 aliphatic heterocycles. The summed E-state index contributed by atoms with van der Waals surface area (Å²) >= 11 is 3.39. The number of amides is 1. The van der Waals surface area contributed by atoms with Crippen molar-refractivity contribution in [1.82, 2.24) is 10.2 Å². The molecule has 0 spiro atoms. The Morgan fingerprint density at radius 3 is 2.46 bits per heavy atom. The van der Waals surface area contributed by atoms with Gasteiger partial charge in [-0.1, -0.05) is 46.3 Å². The van der Waals surface area contributed by atoms with Crippen LogP contribution >= 0.6 is 15.9 Å². The second-order valence-corrected chi connectivity index (χ2v) is 7.67. The van der Waals surface area contributed by atoms with Crippen LogP contribution in [0.15, 0.2) is 59.1 Å². The summed E-state index contributed by atoms with van der Waals surface area (Å²) in [6, 6.07) is 18.3. The minimum atomic E-state index is -0.501. The summed E-state index contributed by atoms with van der Waals surface area (Å²) in [5.41, 5.74) is 1.34. The van der Waals surface area contributed by atoms with Gasteiger partial charge in [0.25, 0.3) is 5.91 Å². The highest BCUT2D eigenvalue weighted by Gasteiger charge is 2.23. The van der Waals surface area contributed by atoms with E-state index in [4.69, 9.17) is 4.74 Å². The number of nitrogens with one attached hydrogen (secondary N) is 1. The Morgan fingerprint density at radius 1 is 1.15 bits per heavy atom. The minimum absolute atomic E-state index is 0.0468. The van der Waals surface area contributed by atoms with E-state index in [1.807, 2.05) is 30.3 Å². The first-order chi connectivity index (χ1) is 12.6. The Balaban J connectivity index is 1.42. The zero-order valence-corrected chi connectivity index (χ0v) is 16.6. The fraction of sp³-hybridized carbons (Fsp3) is 0.381. The van der Waals surface area contributed by atoms with Crippen molar-refractivity contribution in [2.45, 2.75) is 38.5 Å². The second kappa shape index (κ2) is 9.19. The van der Waals surface area contributed by atoms with E-state index in [1.165, 1.54) is 5.56 Å². The SMILES string of the molecule is C[C@H](Oc1ccc(Br)cc1)C(=O)NC1CCN(Cc2ccccc2)CC1. The normalized spacial score (nSPS) is 16.8. The molecule has 0 saturated carbocycles. The molecule has 0 radical (unpaired) electrons. The summed E-state index contributed by atoms with van der Waals surface area (Å²) in [5, 5.41) is 3.13. The monoisotopic (exact) mass is 416 g/mol. The quantitative estimate of drug-likeness (QED) is 0.773. The number of rotatable bonds is 6. The van der Waals surface area contributed by atoms with E-state index >= 15 is 0 Å². The molecule has 1 atom stereocenters. The molecule has 138 valence electrons. The standard InChI is InChI=1S/C21H25BrN2O2/c1-16(26-20-9-7-18(22)8-10-20)21(25)23-19-11-13-24(14-12-19)15-17-5-3-2-4-6-17/h2-10,16,19H,11-15H2,1H3,(H,23,25)/t16-/m0/s1. The molecule has 1 fully saturated rings. The zero-order chi connectivity index (χ0) is 18.4. The molecule has 0 unspecified atom stereocenters. The van der Waals surface area contributed by atoms with Gasteiger partial charge in [0.15, 0.2) is 6.10 Å². The van der Waals surface area contributed by atoms with E-state index < -0.39 is 6.10 Å². The summed E-state index contributed by atoms with van der Waals surface area (Å²) in [6.45, 7) is 4.77. The van der Waals surface area contributed by atoms with Gasteiger partial charge in [-0.3, -0.25) is 9.69 Å². The molecular weight excluding hydrogens is 392 g/mol. The molecule has 1 amide bonds. The molecule has 2 aromatic rings. The van der Waals surface area contributed by atoms with Gasteiger partial charge in [0.1, 0.15) is 5.75 Å². The highest BCUT2D eigenvalue weighted by molar-refractivity contribution is 9.10. The van der Waals surface area contributed by atoms with Gasteiger partial charge in [-0.05, 0) is 49.6 Å². The fourth-order valence-corrected chi connectivity index (χ4v) is 3.43. The third kappa shape index (κ3) is 5.58. The van der Waals surface area contributed by atoms with Crippen molar-refractivity contribution in [3.8, 4) is 5.75 Å². The number of piperidine rings is 1. The van der Waals surface area contributed by atoms with Crippen molar-refractivity contribution in [2.24, 2.45) is 0 Å². The molecule has 1 aliphatic rings. The third-order valence-electron chi connectivity index (χ3n) is 4.68. The molecule has 0 bridgehead atoms. The molecule has 1 N–H and O–H groups in total. The number of nitrogens with zero attached hydrogens (tertiary/aromatic N) is 1. The van der Waals surface area contributed by atoms with E-state index in [0.29, 0.717) is 5.75 Å². The summed E-state index contributed by atoms with van der Waals surface area (Å²) in [4.78, 5) is 14.8. The van der Waals surface area contributed by atoms with Gasteiger partial charge in [-0.25, -0.2) is 0 Å². The molecule has 2 aromatic carbocycles. The third-order valence-corrected chi connectivity index (χ3v) is 5.21. The van der Waals surface area contributed by atoms with E-state index in [1.54, 1.807) is 6.92 Å². The molecule has 5 heteroatoms. The van der Waals surface area contributed by atoms with Gasteiger partial charge in [-0.15, -0.1) is 0 Å². The number of ether oxygens (including phenoxy) is 1. The lowest BCUT2D eigenvalue weighted by molar-refractivity contribution is -0.128. The number of halogens is 1. The summed E-state index contributed by atoms with van der Waals surface area (Å²) in [6.07, 6.45) is 1.45. The number of carbonyl (C=O) groups is 1. The van der Waals surface area contributed by atoms with Gasteiger partial charge < -0.3 is 10.1 Å². The highest BCUT2D eigenvalue weighted by atomic mass is 79.9. The van der Waals surface area contributed by atoms with Crippen molar-refractivity contribution >= 4 is 21.8 Å². The zero-order valence-electron chi connectivity index (χ0n) is 15.0. The molecule has 26 heavy (non-hydrogen) atoms. The van der Waals surface area contributed by atoms with Crippen LogP contribution in [0.5, 0.6) is 5.75 Å². The molecule has 4 nitrogen and oxygen atoms in total. The van der Waals surface area contributed by atoms with Crippen molar-refractivity contribution in [3.63, 3.8) is 0 Å². The first-order valence-electron chi connectivity index (χ1n) is 9.09. The van der Waals surface area contributed by atoms with Crippen LogP contribution in [0.2, 0.25) is 0 Å². The Morgan fingerprint density at radius 2 is 1.81 bits per heavy atom. The summed E-state index contributed by atoms with van der Waals surface area (Å²) < 4.78 is 6.72. The predicted molar refractivity (Wildman–Crippen MR) is 107 cm³/mol. The van der Waals surface area contributed by atoms with Crippen molar-refractivity contribution in [2.75, 3.05) is 13.1 Å².